The Morgan fingerprint density at radius 2 is 2.12 bits per heavy atom. The molecular formula is C13H18O3. The molecule has 3 nitrogen and oxygen atoms in total. The lowest BCUT2D eigenvalue weighted by Gasteiger charge is -2.09. The largest absolute Gasteiger partial charge is 0.493 e. The summed E-state index contributed by atoms with van der Waals surface area (Å²) < 4.78 is 5.47. The van der Waals surface area contributed by atoms with E-state index in [0.717, 1.165) is 24.8 Å². The lowest BCUT2D eigenvalue weighted by molar-refractivity contribution is 0.0692. The fraction of sp³-hybridized carbons (Fsp3) is 0.462. The van der Waals surface area contributed by atoms with Crippen molar-refractivity contribution in [3.8, 4) is 5.75 Å². The zero-order valence-electron chi connectivity index (χ0n) is 9.82. The zero-order valence-corrected chi connectivity index (χ0v) is 9.82. The summed E-state index contributed by atoms with van der Waals surface area (Å²) in [6, 6.07) is 5.23. The van der Waals surface area contributed by atoms with Crippen LogP contribution in [0.3, 0.4) is 0 Å². The molecule has 88 valence electrons. The first-order valence-electron chi connectivity index (χ1n) is 5.62. The molecule has 1 aromatic rings. The summed E-state index contributed by atoms with van der Waals surface area (Å²) in [5.41, 5.74) is 1.18. The van der Waals surface area contributed by atoms with Crippen molar-refractivity contribution in [3.05, 3.63) is 29.3 Å². The van der Waals surface area contributed by atoms with E-state index in [0.29, 0.717) is 12.4 Å². The van der Waals surface area contributed by atoms with Gasteiger partial charge in [0, 0.05) is 0 Å². The van der Waals surface area contributed by atoms with Crippen LogP contribution in [0.4, 0.5) is 0 Å². The van der Waals surface area contributed by atoms with E-state index in [-0.39, 0.29) is 5.56 Å². The molecule has 16 heavy (non-hydrogen) atoms. The van der Waals surface area contributed by atoms with E-state index in [1.54, 1.807) is 12.1 Å². The van der Waals surface area contributed by atoms with Crippen molar-refractivity contribution in [1.29, 1.82) is 0 Å². The Labute approximate surface area is 96.1 Å². The Morgan fingerprint density at radius 1 is 1.38 bits per heavy atom. The number of carboxylic acid groups (broad SMARTS) is 1. The molecule has 0 radical (unpaired) electrons. The number of carbonyl (C=O) groups is 1. The first-order valence-corrected chi connectivity index (χ1v) is 5.62. The van der Waals surface area contributed by atoms with Gasteiger partial charge < -0.3 is 9.84 Å². The van der Waals surface area contributed by atoms with Crippen LogP contribution in [0, 0.1) is 6.92 Å². The van der Waals surface area contributed by atoms with E-state index in [2.05, 4.69) is 6.92 Å². The SMILES string of the molecule is CCCCCOc1ccc(C)cc1C(=O)O. The van der Waals surface area contributed by atoms with Crippen molar-refractivity contribution in [1.82, 2.24) is 0 Å². The Hall–Kier alpha value is -1.51. The fourth-order valence-corrected chi connectivity index (χ4v) is 1.47. The number of hydrogen-bond acceptors (Lipinski definition) is 2. The second-order valence-electron chi connectivity index (χ2n) is 3.86. The van der Waals surface area contributed by atoms with E-state index in [1.165, 1.54) is 0 Å². The standard InChI is InChI=1S/C13H18O3/c1-3-4-5-8-16-12-7-6-10(2)9-11(12)13(14)15/h6-7,9H,3-5,8H2,1-2H3,(H,14,15). The summed E-state index contributed by atoms with van der Waals surface area (Å²) in [6.45, 7) is 4.57. The van der Waals surface area contributed by atoms with Crippen LogP contribution in [0.25, 0.3) is 0 Å². The summed E-state index contributed by atoms with van der Waals surface area (Å²) in [4.78, 5) is 11.0. The number of aromatic carboxylic acids is 1. The van der Waals surface area contributed by atoms with Crippen molar-refractivity contribution in [3.63, 3.8) is 0 Å². The first-order chi connectivity index (χ1) is 7.65. The van der Waals surface area contributed by atoms with Gasteiger partial charge in [-0.05, 0) is 25.5 Å². The van der Waals surface area contributed by atoms with Gasteiger partial charge in [0.1, 0.15) is 11.3 Å². The Balaban J connectivity index is 2.67. The number of hydrogen-bond donors (Lipinski definition) is 1. The van der Waals surface area contributed by atoms with Gasteiger partial charge in [0.2, 0.25) is 0 Å². The normalized spacial score (nSPS) is 10.1. The summed E-state index contributed by atoms with van der Waals surface area (Å²) in [6.07, 6.45) is 3.20. The molecular weight excluding hydrogens is 204 g/mol. The molecule has 0 saturated heterocycles. The van der Waals surface area contributed by atoms with Crippen molar-refractivity contribution in [2.24, 2.45) is 0 Å². The molecule has 0 aliphatic heterocycles. The first kappa shape index (κ1) is 12.6. The van der Waals surface area contributed by atoms with Crippen molar-refractivity contribution >= 4 is 5.97 Å². The van der Waals surface area contributed by atoms with Crippen LogP contribution < -0.4 is 4.74 Å². The topological polar surface area (TPSA) is 46.5 Å². The van der Waals surface area contributed by atoms with E-state index < -0.39 is 5.97 Å². The van der Waals surface area contributed by atoms with E-state index in [1.807, 2.05) is 13.0 Å². The van der Waals surface area contributed by atoms with Gasteiger partial charge in [-0.15, -0.1) is 0 Å². The smallest absolute Gasteiger partial charge is 0.339 e. The summed E-state index contributed by atoms with van der Waals surface area (Å²) in [5.74, 6) is -0.469. The molecule has 0 spiro atoms. The van der Waals surface area contributed by atoms with Crippen molar-refractivity contribution in [2.75, 3.05) is 6.61 Å². The molecule has 0 atom stereocenters. The highest BCUT2D eigenvalue weighted by Gasteiger charge is 2.10. The Kier molecular flexibility index (Phi) is 4.83. The second kappa shape index (κ2) is 6.16. The van der Waals surface area contributed by atoms with Gasteiger partial charge in [0.25, 0.3) is 0 Å². The van der Waals surface area contributed by atoms with Crippen LogP contribution >= 0.6 is 0 Å². The van der Waals surface area contributed by atoms with Gasteiger partial charge in [-0.25, -0.2) is 4.79 Å². The maximum Gasteiger partial charge on any atom is 0.339 e. The highest BCUT2D eigenvalue weighted by atomic mass is 16.5. The monoisotopic (exact) mass is 222 g/mol. The molecule has 0 heterocycles. The molecule has 3 heteroatoms. The van der Waals surface area contributed by atoms with E-state index >= 15 is 0 Å². The quantitative estimate of drug-likeness (QED) is 0.751. The molecule has 0 bridgehead atoms. The van der Waals surface area contributed by atoms with Crippen LogP contribution in [-0.4, -0.2) is 17.7 Å². The van der Waals surface area contributed by atoms with Crippen LogP contribution in [0.5, 0.6) is 5.75 Å². The third kappa shape index (κ3) is 3.57. The number of ether oxygens (including phenoxy) is 1. The predicted octanol–water partition coefficient (Wildman–Crippen LogP) is 3.26. The number of unbranched alkanes of at least 4 members (excludes halogenated alkanes) is 2. The molecule has 0 aliphatic carbocycles. The number of aryl methyl sites for hydroxylation is 1. The fourth-order valence-electron chi connectivity index (χ4n) is 1.47. The molecule has 0 aromatic heterocycles. The minimum Gasteiger partial charge on any atom is -0.493 e. The van der Waals surface area contributed by atoms with Gasteiger partial charge >= 0.3 is 5.97 Å². The van der Waals surface area contributed by atoms with Gasteiger partial charge in [-0.2, -0.15) is 0 Å². The molecule has 0 fully saturated rings. The van der Waals surface area contributed by atoms with Gasteiger partial charge in [0.05, 0.1) is 6.61 Å². The van der Waals surface area contributed by atoms with Crippen LogP contribution in [0.1, 0.15) is 42.1 Å². The summed E-state index contributed by atoms with van der Waals surface area (Å²) in [5, 5.41) is 9.01. The second-order valence-corrected chi connectivity index (χ2v) is 3.86. The molecule has 0 saturated carbocycles. The van der Waals surface area contributed by atoms with Crippen molar-refractivity contribution < 1.29 is 14.6 Å². The number of rotatable bonds is 6. The third-order valence-electron chi connectivity index (χ3n) is 2.37. The van der Waals surface area contributed by atoms with Crippen molar-refractivity contribution in [2.45, 2.75) is 33.1 Å². The number of carboxylic acids is 1. The zero-order chi connectivity index (χ0) is 12.0. The average molecular weight is 222 g/mol. The predicted molar refractivity (Wildman–Crippen MR) is 63.2 cm³/mol. The number of benzene rings is 1. The van der Waals surface area contributed by atoms with Gasteiger partial charge in [0.15, 0.2) is 0 Å². The van der Waals surface area contributed by atoms with E-state index in [9.17, 15) is 4.79 Å². The van der Waals surface area contributed by atoms with Crippen LogP contribution in [0.15, 0.2) is 18.2 Å². The molecule has 0 unspecified atom stereocenters. The lowest BCUT2D eigenvalue weighted by Crippen LogP contribution is -2.04. The highest BCUT2D eigenvalue weighted by Crippen LogP contribution is 2.20. The maximum atomic E-state index is 11.0. The Morgan fingerprint density at radius 3 is 2.75 bits per heavy atom. The average Bonchev–Trinajstić information content (AvgIpc) is 2.26. The molecule has 1 N–H and O–H groups in total. The van der Waals surface area contributed by atoms with Crippen LogP contribution in [-0.2, 0) is 0 Å². The summed E-state index contributed by atoms with van der Waals surface area (Å²) >= 11 is 0. The minimum absolute atomic E-state index is 0.247. The van der Waals surface area contributed by atoms with Gasteiger partial charge in [-0.3, -0.25) is 0 Å². The molecule has 0 amide bonds. The third-order valence-corrected chi connectivity index (χ3v) is 2.37. The van der Waals surface area contributed by atoms with Crippen LogP contribution in [0.2, 0.25) is 0 Å². The maximum absolute atomic E-state index is 11.0. The lowest BCUT2D eigenvalue weighted by atomic mass is 10.1. The molecule has 1 aromatic carbocycles. The molecule has 1 rings (SSSR count). The summed E-state index contributed by atoms with van der Waals surface area (Å²) in [7, 11) is 0. The van der Waals surface area contributed by atoms with E-state index in [4.69, 9.17) is 9.84 Å². The van der Waals surface area contributed by atoms with Gasteiger partial charge in [-0.1, -0.05) is 31.4 Å². The minimum atomic E-state index is -0.936. The highest BCUT2D eigenvalue weighted by molar-refractivity contribution is 5.91. The Bertz CT molecular complexity index is 358. The molecule has 0 aliphatic rings.